The van der Waals surface area contributed by atoms with Crippen LogP contribution in [0.2, 0.25) is 0 Å². The van der Waals surface area contributed by atoms with Crippen LogP contribution in [0.5, 0.6) is 0 Å². The topological polar surface area (TPSA) is 42.7 Å². The van der Waals surface area contributed by atoms with Crippen LogP contribution in [0.3, 0.4) is 0 Å². The fourth-order valence-electron chi connectivity index (χ4n) is 3.72. The van der Waals surface area contributed by atoms with E-state index in [1.54, 1.807) is 18.5 Å². The van der Waals surface area contributed by atoms with Crippen LogP contribution in [0.25, 0.3) is 27.8 Å². The highest BCUT2D eigenvalue weighted by Crippen LogP contribution is 2.35. The van der Waals surface area contributed by atoms with E-state index < -0.39 is 0 Å². The van der Waals surface area contributed by atoms with Gasteiger partial charge < -0.3 is 9.88 Å². The van der Waals surface area contributed by atoms with E-state index in [0.29, 0.717) is 6.54 Å². The largest absolute Gasteiger partial charge is 0.365 e. The fraction of sp³-hybridized carbons (Fsp3) is 0.0769. The number of fused-ring (bicyclic) bond motifs is 1. The summed E-state index contributed by atoms with van der Waals surface area (Å²) in [5, 5.41) is 4.38. The lowest BCUT2D eigenvalue weighted by Crippen LogP contribution is -2.03. The van der Waals surface area contributed by atoms with Crippen molar-refractivity contribution in [2.45, 2.75) is 13.5 Å². The summed E-state index contributed by atoms with van der Waals surface area (Å²) >= 11 is 0. The molecule has 0 fully saturated rings. The first-order chi connectivity index (χ1) is 15.2. The minimum Gasteiger partial charge on any atom is -0.365 e. The van der Waals surface area contributed by atoms with Crippen molar-refractivity contribution >= 4 is 16.9 Å². The van der Waals surface area contributed by atoms with E-state index in [0.717, 1.165) is 39.2 Å². The number of hydrogen-bond donors (Lipinski definition) is 1. The Labute approximate surface area is 180 Å². The molecule has 0 amide bonds. The zero-order chi connectivity index (χ0) is 21.2. The number of halogens is 1. The second-order valence-corrected chi connectivity index (χ2v) is 7.52. The maximum Gasteiger partial charge on any atom is 0.150 e. The first-order valence-electron chi connectivity index (χ1n) is 10.2. The van der Waals surface area contributed by atoms with Crippen LogP contribution in [-0.4, -0.2) is 14.5 Å². The predicted octanol–water partition coefficient (Wildman–Crippen LogP) is 6.15. The molecule has 0 atom stereocenters. The van der Waals surface area contributed by atoms with Crippen molar-refractivity contribution in [2.24, 2.45) is 0 Å². The highest BCUT2D eigenvalue weighted by atomic mass is 19.1. The van der Waals surface area contributed by atoms with Gasteiger partial charge in [0.15, 0.2) is 5.65 Å². The number of nitrogens with zero attached hydrogens (tertiary/aromatic N) is 3. The molecular weight excluding hydrogens is 387 g/mol. The van der Waals surface area contributed by atoms with E-state index in [1.165, 1.54) is 17.7 Å². The number of hydrogen-bond acceptors (Lipinski definition) is 3. The van der Waals surface area contributed by atoms with Gasteiger partial charge in [0.05, 0.1) is 5.39 Å². The van der Waals surface area contributed by atoms with Crippen LogP contribution in [0.4, 0.5) is 10.2 Å². The molecule has 5 heteroatoms. The molecule has 0 radical (unpaired) electrons. The third-order valence-electron chi connectivity index (χ3n) is 5.35. The Morgan fingerprint density at radius 1 is 0.871 bits per heavy atom. The van der Waals surface area contributed by atoms with Crippen LogP contribution in [-0.2, 0) is 6.54 Å². The van der Waals surface area contributed by atoms with Gasteiger partial charge in [-0.1, -0.05) is 60.2 Å². The normalized spacial score (nSPS) is 11.0. The Balaban J connectivity index is 1.64. The van der Waals surface area contributed by atoms with E-state index in [2.05, 4.69) is 69.4 Å². The van der Waals surface area contributed by atoms with E-state index in [4.69, 9.17) is 0 Å². The molecule has 31 heavy (non-hydrogen) atoms. The Morgan fingerprint density at radius 2 is 1.61 bits per heavy atom. The smallest absolute Gasteiger partial charge is 0.150 e. The van der Waals surface area contributed by atoms with Crippen molar-refractivity contribution in [3.63, 3.8) is 0 Å². The Hall–Kier alpha value is -3.99. The van der Waals surface area contributed by atoms with Gasteiger partial charge in [0.1, 0.15) is 18.0 Å². The van der Waals surface area contributed by atoms with Crippen LogP contribution < -0.4 is 5.32 Å². The molecule has 0 aliphatic heterocycles. The van der Waals surface area contributed by atoms with E-state index in [9.17, 15) is 4.39 Å². The molecule has 2 heterocycles. The number of rotatable bonds is 5. The van der Waals surface area contributed by atoms with E-state index in [-0.39, 0.29) is 5.82 Å². The molecule has 0 saturated carbocycles. The number of nitrogens with one attached hydrogen (secondary N) is 1. The molecule has 1 N–H and O–H groups in total. The first-order valence-corrected chi connectivity index (χ1v) is 10.2. The standard InChI is InChI=1S/C26H21FN4/c1-18-7-13-22(14-8-18)31-16-23(20-5-3-2-4-6-20)24-25(29-17-30-26(24)31)28-15-19-9-11-21(27)12-10-19/h2-14,16-17H,15H2,1H3,(H,28,29,30). The van der Waals surface area contributed by atoms with Crippen LogP contribution in [0.15, 0.2) is 91.4 Å². The summed E-state index contributed by atoms with van der Waals surface area (Å²) in [6.07, 6.45) is 3.69. The molecule has 2 aromatic heterocycles. The number of aryl methyl sites for hydroxylation is 1. The maximum absolute atomic E-state index is 13.2. The zero-order valence-corrected chi connectivity index (χ0v) is 17.1. The van der Waals surface area contributed by atoms with E-state index >= 15 is 0 Å². The summed E-state index contributed by atoms with van der Waals surface area (Å²) in [5.74, 6) is 0.508. The van der Waals surface area contributed by atoms with Crippen molar-refractivity contribution in [3.8, 4) is 16.8 Å². The quantitative estimate of drug-likeness (QED) is 0.379. The Morgan fingerprint density at radius 3 is 2.35 bits per heavy atom. The summed E-state index contributed by atoms with van der Waals surface area (Å²) in [4.78, 5) is 9.15. The molecular formula is C26H21FN4. The molecule has 4 nitrogen and oxygen atoms in total. The molecule has 0 aliphatic rings. The lowest BCUT2D eigenvalue weighted by atomic mass is 10.1. The molecule has 5 rings (SSSR count). The van der Waals surface area contributed by atoms with Crippen molar-refractivity contribution < 1.29 is 4.39 Å². The van der Waals surface area contributed by atoms with Gasteiger partial charge in [0, 0.05) is 24.0 Å². The highest BCUT2D eigenvalue weighted by Gasteiger charge is 2.17. The van der Waals surface area contributed by atoms with Crippen molar-refractivity contribution in [1.29, 1.82) is 0 Å². The van der Waals surface area contributed by atoms with Gasteiger partial charge in [-0.2, -0.15) is 0 Å². The van der Waals surface area contributed by atoms with Crippen LogP contribution in [0, 0.1) is 12.7 Å². The Bertz CT molecular complexity index is 1320. The number of aromatic nitrogens is 3. The SMILES string of the molecule is Cc1ccc(-n2cc(-c3ccccc3)c3c(NCc4ccc(F)cc4)ncnc32)cc1. The van der Waals surface area contributed by atoms with Gasteiger partial charge in [-0.3, -0.25) is 0 Å². The van der Waals surface area contributed by atoms with Crippen molar-refractivity contribution in [2.75, 3.05) is 5.32 Å². The maximum atomic E-state index is 13.2. The average Bonchev–Trinajstić information content (AvgIpc) is 3.20. The van der Waals surface area contributed by atoms with Gasteiger partial charge in [0.25, 0.3) is 0 Å². The van der Waals surface area contributed by atoms with Gasteiger partial charge >= 0.3 is 0 Å². The third kappa shape index (κ3) is 3.78. The Kier molecular flexibility index (Phi) is 4.92. The zero-order valence-electron chi connectivity index (χ0n) is 17.1. The van der Waals surface area contributed by atoms with Gasteiger partial charge in [-0.05, 0) is 42.3 Å². The fourth-order valence-corrected chi connectivity index (χ4v) is 3.72. The number of benzene rings is 3. The summed E-state index contributed by atoms with van der Waals surface area (Å²) < 4.78 is 15.3. The lowest BCUT2D eigenvalue weighted by Gasteiger charge is -2.09. The average molecular weight is 408 g/mol. The molecule has 5 aromatic rings. The lowest BCUT2D eigenvalue weighted by molar-refractivity contribution is 0.627. The van der Waals surface area contributed by atoms with E-state index in [1.807, 2.05) is 18.2 Å². The molecule has 0 spiro atoms. The number of anilines is 1. The third-order valence-corrected chi connectivity index (χ3v) is 5.35. The minimum atomic E-state index is -0.241. The monoisotopic (exact) mass is 408 g/mol. The molecule has 0 bridgehead atoms. The second kappa shape index (κ2) is 8.03. The predicted molar refractivity (Wildman–Crippen MR) is 123 cm³/mol. The van der Waals surface area contributed by atoms with Crippen LogP contribution >= 0.6 is 0 Å². The second-order valence-electron chi connectivity index (χ2n) is 7.52. The molecule has 0 aliphatic carbocycles. The first kappa shape index (κ1) is 19.0. The summed E-state index contributed by atoms with van der Waals surface area (Å²) in [5.41, 5.74) is 6.21. The van der Waals surface area contributed by atoms with Gasteiger partial charge in [-0.25, -0.2) is 14.4 Å². The van der Waals surface area contributed by atoms with Gasteiger partial charge in [-0.15, -0.1) is 0 Å². The van der Waals surface area contributed by atoms with Crippen LogP contribution in [0.1, 0.15) is 11.1 Å². The van der Waals surface area contributed by atoms with Crippen molar-refractivity contribution in [1.82, 2.24) is 14.5 Å². The highest BCUT2D eigenvalue weighted by molar-refractivity contribution is 6.02. The van der Waals surface area contributed by atoms with Crippen molar-refractivity contribution in [3.05, 3.63) is 108 Å². The summed E-state index contributed by atoms with van der Waals surface area (Å²) in [6, 6.07) is 25.1. The minimum absolute atomic E-state index is 0.241. The molecule has 0 unspecified atom stereocenters. The summed E-state index contributed by atoms with van der Waals surface area (Å²) in [6.45, 7) is 2.61. The molecule has 152 valence electrons. The summed E-state index contributed by atoms with van der Waals surface area (Å²) in [7, 11) is 0. The molecule has 0 saturated heterocycles. The van der Waals surface area contributed by atoms with Gasteiger partial charge in [0.2, 0.25) is 0 Å². The molecule has 3 aromatic carbocycles.